The maximum atomic E-state index is 13.2. The van der Waals surface area contributed by atoms with Crippen LogP contribution in [0.15, 0.2) is 54.6 Å². The van der Waals surface area contributed by atoms with Crippen LogP contribution in [0.5, 0.6) is 0 Å². The Bertz CT molecular complexity index is 791. The Morgan fingerprint density at radius 3 is 2.59 bits per heavy atom. The van der Waals surface area contributed by atoms with Gasteiger partial charge in [-0.2, -0.15) is 0 Å². The van der Waals surface area contributed by atoms with Crippen LogP contribution in [-0.4, -0.2) is 16.2 Å². The number of carbonyl (C=O) groups is 1. The summed E-state index contributed by atoms with van der Waals surface area (Å²) in [4.78, 5) is 11.8. The van der Waals surface area contributed by atoms with Crippen LogP contribution in [0.1, 0.15) is 0 Å². The molecule has 0 radical (unpaired) electrons. The average Bonchev–Trinajstić information content (AvgIpc) is 2.96. The van der Waals surface area contributed by atoms with Crippen LogP contribution in [0.2, 0.25) is 0 Å². The van der Waals surface area contributed by atoms with E-state index in [0.717, 1.165) is 0 Å². The molecule has 0 aliphatic carbocycles. The Hall–Kier alpha value is -2.80. The van der Waals surface area contributed by atoms with Crippen molar-refractivity contribution in [3.8, 4) is 10.6 Å². The second-order valence-electron chi connectivity index (χ2n) is 4.37. The van der Waals surface area contributed by atoms with E-state index >= 15 is 0 Å². The van der Waals surface area contributed by atoms with Gasteiger partial charge >= 0.3 is 6.03 Å². The van der Waals surface area contributed by atoms with Gasteiger partial charge in [-0.1, -0.05) is 41.7 Å². The van der Waals surface area contributed by atoms with Crippen LogP contribution in [0.4, 0.5) is 20.0 Å². The second-order valence-corrected chi connectivity index (χ2v) is 5.35. The van der Waals surface area contributed by atoms with E-state index in [9.17, 15) is 9.18 Å². The van der Waals surface area contributed by atoms with Crippen LogP contribution in [0.3, 0.4) is 0 Å². The molecule has 2 aromatic carbocycles. The lowest BCUT2D eigenvalue weighted by molar-refractivity contribution is 0.262. The molecule has 22 heavy (non-hydrogen) atoms. The molecule has 1 aromatic heterocycles. The molecule has 5 nitrogen and oxygen atoms in total. The van der Waals surface area contributed by atoms with Gasteiger partial charge in [0.25, 0.3) is 0 Å². The van der Waals surface area contributed by atoms with Crippen molar-refractivity contribution in [2.24, 2.45) is 0 Å². The molecule has 0 bridgehead atoms. The van der Waals surface area contributed by atoms with Crippen molar-refractivity contribution in [3.05, 3.63) is 60.4 Å². The van der Waals surface area contributed by atoms with Gasteiger partial charge in [0.1, 0.15) is 10.8 Å². The Morgan fingerprint density at radius 2 is 1.82 bits per heavy atom. The number of halogens is 1. The third-order valence-electron chi connectivity index (χ3n) is 2.75. The van der Waals surface area contributed by atoms with Gasteiger partial charge in [-0.3, -0.25) is 5.32 Å². The summed E-state index contributed by atoms with van der Waals surface area (Å²) in [5.74, 6) is -0.343. The first kappa shape index (κ1) is 14.2. The van der Waals surface area contributed by atoms with Crippen LogP contribution >= 0.6 is 11.3 Å². The smallest absolute Gasteiger partial charge is 0.308 e. The summed E-state index contributed by atoms with van der Waals surface area (Å²) < 4.78 is 13.2. The van der Waals surface area contributed by atoms with Crippen LogP contribution in [0, 0.1) is 5.82 Å². The summed E-state index contributed by atoms with van der Waals surface area (Å²) in [6, 6.07) is 14.7. The van der Waals surface area contributed by atoms with E-state index in [1.807, 2.05) is 18.2 Å². The Balaban J connectivity index is 1.68. The third kappa shape index (κ3) is 3.44. The molecular weight excluding hydrogens is 303 g/mol. The lowest BCUT2D eigenvalue weighted by Crippen LogP contribution is -2.19. The van der Waals surface area contributed by atoms with E-state index in [1.165, 1.54) is 23.5 Å². The van der Waals surface area contributed by atoms with Crippen LogP contribution in [-0.2, 0) is 0 Å². The number of hydrogen-bond acceptors (Lipinski definition) is 4. The van der Waals surface area contributed by atoms with Gasteiger partial charge in [-0.05, 0) is 24.3 Å². The Labute approximate surface area is 129 Å². The molecule has 110 valence electrons. The summed E-state index contributed by atoms with van der Waals surface area (Å²) >= 11 is 1.17. The zero-order chi connectivity index (χ0) is 15.4. The fourth-order valence-corrected chi connectivity index (χ4v) is 2.53. The molecule has 0 aliphatic heterocycles. The maximum Gasteiger partial charge on any atom is 0.325 e. The van der Waals surface area contributed by atoms with Gasteiger partial charge in [0.05, 0.1) is 0 Å². The molecule has 3 aromatic rings. The number of benzene rings is 2. The molecule has 0 saturated carbocycles. The predicted octanol–water partition coefficient (Wildman–Crippen LogP) is 3.99. The molecule has 2 amide bonds. The summed E-state index contributed by atoms with van der Waals surface area (Å²) in [7, 11) is 0. The highest BCUT2D eigenvalue weighted by atomic mass is 32.1. The average molecular weight is 314 g/mol. The first-order chi connectivity index (χ1) is 10.7. The van der Waals surface area contributed by atoms with Crippen molar-refractivity contribution in [1.82, 2.24) is 10.2 Å². The van der Waals surface area contributed by atoms with Crippen molar-refractivity contribution in [2.45, 2.75) is 0 Å². The Kier molecular flexibility index (Phi) is 4.06. The molecule has 0 atom stereocenters. The number of nitrogens with zero attached hydrogens (tertiary/aromatic N) is 2. The molecular formula is C15H11FN4OS. The highest BCUT2D eigenvalue weighted by molar-refractivity contribution is 7.18. The van der Waals surface area contributed by atoms with Gasteiger partial charge in [-0.25, -0.2) is 9.18 Å². The van der Waals surface area contributed by atoms with E-state index < -0.39 is 6.03 Å². The summed E-state index contributed by atoms with van der Waals surface area (Å²) in [6.45, 7) is 0. The SMILES string of the molecule is O=C(Nc1ccccc1)Nc1nnc(-c2cccc(F)c2)s1. The largest absolute Gasteiger partial charge is 0.325 e. The minimum Gasteiger partial charge on any atom is -0.308 e. The van der Waals surface area contributed by atoms with Gasteiger partial charge in [-0.15, -0.1) is 10.2 Å². The lowest BCUT2D eigenvalue weighted by Gasteiger charge is -2.03. The van der Waals surface area contributed by atoms with Crippen molar-refractivity contribution < 1.29 is 9.18 Å². The van der Waals surface area contributed by atoms with E-state index in [0.29, 0.717) is 21.4 Å². The second kappa shape index (κ2) is 6.31. The van der Waals surface area contributed by atoms with E-state index in [4.69, 9.17) is 0 Å². The van der Waals surface area contributed by atoms with Crippen molar-refractivity contribution in [2.75, 3.05) is 10.6 Å². The monoisotopic (exact) mass is 314 g/mol. The number of para-hydroxylation sites is 1. The molecule has 1 heterocycles. The fraction of sp³-hybridized carbons (Fsp3) is 0. The number of aromatic nitrogens is 2. The predicted molar refractivity (Wildman–Crippen MR) is 84.4 cm³/mol. The van der Waals surface area contributed by atoms with Crippen LogP contribution in [0.25, 0.3) is 10.6 Å². The van der Waals surface area contributed by atoms with E-state index in [2.05, 4.69) is 20.8 Å². The number of urea groups is 1. The van der Waals surface area contributed by atoms with Crippen molar-refractivity contribution >= 4 is 28.2 Å². The maximum absolute atomic E-state index is 13.2. The molecule has 3 rings (SSSR count). The van der Waals surface area contributed by atoms with Gasteiger partial charge in [0.2, 0.25) is 5.13 Å². The topological polar surface area (TPSA) is 66.9 Å². The molecule has 0 fully saturated rings. The van der Waals surface area contributed by atoms with Crippen LogP contribution < -0.4 is 10.6 Å². The minimum absolute atomic E-state index is 0.340. The molecule has 7 heteroatoms. The Morgan fingerprint density at radius 1 is 1.00 bits per heavy atom. The number of anilines is 2. The normalized spacial score (nSPS) is 10.2. The highest BCUT2D eigenvalue weighted by Crippen LogP contribution is 2.26. The molecule has 2 N–H and O–H groups in total. The van der Waals surface area contributed by atoms with E-state index in [-0.39, 0.29) is 5.82 Å². The third-order valence-corrected chi connectivity index (χ3v) is 3.64. The first-order valence-corrected chi connectivity index (χ1v) is 7.25. The first-order valence-electron chi connectivity index (χ1n) is 6.43. The minimum atomic E-state index is -0.409. The number of nitrogens with one attached hydrogen (secondary N) is 2. The molecule has 0 saturated heterocycles. The van der Waals surface area contributed by atoms with Gasteiger partial charge in [0, 0.05) is 11.3 Å². The highest BCUT2D eigenvalue weighted by Gasteiger charge is 2.10. The number of hydrogen-bond donors (Lipinski definition) is 2. The quantitative estimate of drug-likeness (QED) is 0.768. The van der Waals surface area contributed by atoms with Crippen molar-refractivity contribution in [1.29, 1.82) is 0 Å². The van der Waals surface area contributed by atoms with Crippen molar-refractivity contribution in [3.63, 3.8) is 0 Å². The molecule has 0 spiro atoms. The number of amides is 2. The molecule has 0 aliphatic rings. The lowest BCUT2D eigenvalue weighted by atomic mass is 10.2. The fourth-order valence-electron chi connectivity index (χ4n) is 1.79. The molecule has 0 unspecified atom stereocenters. The standard InChI is InChI=1S/C15H11FN4OS/c16-11-6-4-5-10(9-11)13-19-20-15(22-13)18-14(21)17-12-7-2-1-3-8-12/h1-9H,(H2,17,18,20,21). The summed E-state index contributed by atoms with van der Waals surface area (Å²) in [5.41, 5.74) is 1.30. The summed E-state index contributed by atoms with van der Waals surface area (Å²) in [5, 5.41) is 14.0. The summed E-state index contributed by atoms with van der Waals surface area (Å²) in [6.07, 6.45) is 0. The zero-order valence-corrected chi connectivity index (χ0v) is 12.1. The van der Waals surface area contributed by atoms with Gasteiger partial charge < -0.3 is 5.32 Å². The van der Waals surface area contributed by atoms with E-state index in [1.54, 1.807) is 24.3 Å². The number of carbonyl (C=O) groups excluding carboxylic acids is 1. The van der Waals surface area contributed by atoms with Gasteiger partial charge in [0.15, 0.2) is 0 Å². The number of rotatable bonds is 3. The zero-order valence-electron chi connectivity index (χ0n) is 11.3.